The Balaban J connectivity index is -0.0000000134. The normalized spacial score (nSPS) is 4.80. The van der Waals surface area contributed by atoms with Crippen molar-refractivity contribution in [1.29, 1.82) is 0 Å². The van der Waals surface area contributed by atoms with E-state index >= 15 is 0 Å². The van der Waals surface area contributed by atoms with Crippen LogP contribution in [-0.4, -0.2) is 163 Å². The molecule has 0 aliphatic rings. The maximum atomic E-state index is 8.56. The fourth-order valence-corrected chi connectivity index (χ4v) is 0. The minimum atomic E-state index is -1.83. The molecular weight excluding hydrogens is 419 g/mol. The molecule has 0 aromatic carbocycles. The molecule has 0 heterocycles. The lowest BCUT2D eigenvalue weighted by Crippen LogP contribution is -1.81. The molecule has 0 aromatic rings. The van der Waals surface area contributed by atoms with Crippen LogP contribution in [0.4, 0.5) is 24.0 Å². The lowest BCUT2D eigenvalue weighted by atomic mass is 11.5. The van der Waals surface area contributed by atoms with Crippen molar-refractivity contribution in [3.8, 4) is 0 Å². The van der Waals surface area contributed by atoms with Crippen LogP contribution in [0, 0.1) is 0 Å². The van der Waals surface area contributed by atoms with E-state index in [1.54, 1.807) is 0 Å². The van der Waals surface area contributed by atoms with E-state index in [4.69, 9.17) is 75.0 Å². The van der Waals surface area contributed by atoms with Crippen LogP contribution in [0.1, 0.15) is 0 Å². The van der Waals surface area contributed by atoms with E-state index in [0.29, 0.717) is 0 Å². The Bertz CT molecular complexity index is 221. The summed E-state index contributed by atoms with van der Waals surface area (Å²) in [6.45, 7) is 0. The Morgan fingerprint density at radius 3 is 0.360 bits per heavy atom. The second-order valence-corrected chi connectivity index (χ2v) is 1.41. The van der Waals surface area contributed by atoms with Crippen molar-refractivity contribution in [2.75, 3.05) is 0 Å². The van der Waals surface area contributed by atoms with Gasteiger partial charge in [-0.25, -0.2) is 24.0 Å². The molecule has 0 amide bonds. The number of carboxylic acid groups (broad SMARTS) is 10. The van der Waals surface area contributed by atoms with Crippen LogP contribution >= 0.6 is 0 Å². The zero-order valence-electron chi connectivity index (χ0n) is 9.42. The van der Waals surface area contributed by atoms with Gasteiger partial charge in [0, 0.05) is 5.48 Å². The third-order valence-electron chi connectivity index (χ3n) is 0. The van der Waals surface area contributed by atoms with E-state index in [9.17, 15) is 0 Å². The molecule has 0 spiro atoms. The third-order valence-corrected chi connectivity index (χ3v) is 0. The fraction of sp³-hybridized carbons (Fsp3) is 0. The summed E-state index contributed by atoms with van der Waals surface area (Å²) < 4.78 is 0. The molecule has 16 nitrogen and oxygen atoms in total. The number of rotatable bonds is 0. The topological polar surface area (TPSA) is 316 Å². The average Bonchev–Trinajstić information content (AvgIpc) is 1.94. The van der Waals surface area contributed by atoms with E-state index in [1.807, 2.05) is 0 Å². The van der Waals surface area contributed by atoms with Gasteiger partial charge in [-0.3, -0.25) is 0 Å². The van der Waals surface area contributed by atoms with Crippen molar-refractivity contribution in [2.45, 2.75) is 0 Å². The molecule has 0 atom stereocenters. The van der Waals surface area contributed by atoms with Crippen LogP contribution < -0.4 is 0 Å². The molecule has 0 aliphatic heterocycles. The minimum absolute atomic E-state index is 0. The fourth-order valence-electron chi connectivity index (χ4n) is 0. The summed E-state index contributed by atoms with van der Waals surface area (Å²) in [5, 5.41) is 69.7. The summed E-state index contributed by atoms with van der Waals surface area (Å²) in [5.41, 5.74) is 0. The predicted octanol–water partition coefficient (Wildman–Crippen LogP) is -3.21. The molecule has 10 N–H and O–H groups in total. The first-order valence-electron chi connectivity index (χ1n) is 3.26. The van der Waals surface area contributed by atoms with E-state index in [2.05, 4.69) is 0 Å². The van der Waals surface area contributed by atoms with Crippen molar-refractivity contribution in [1.82, 2.24) is 0 Å². The Morgan fingerprint density at radius 2 is 0.360 bits per heavy atom. The molecule has 20 heteroatoms. The Morgan fingerprint density at radius 1 is 0.360 bits per heavy atom. The minimum Gasteiger partial charge on any atom is -0.450 e. The quantitative estimate of drug-likeness (QED) is 0.166. The number of hydrogen-bond donors (Lipinski definition) is 10. The van der Waals surface area contributed by atoms with E-state index in [0.717, 1.165) is 0 Å². The largest absolute Gasteiger partial charge is 0.503 e. The summed E-state index contributed by atoms with van der Waals surface area (Å²) in [6.07, 6.45) is -9.17. The lowest BCUT2D eigenvalue weighted by Gasteiger charge is -1.60. The molecule has 0 rings (SSSR count). The maximum Gasteiger partial charge on any atom is 0.503 e. The summed E-state index contributed by atoms with van der Waals surface area (Å²) in [6, 6.07) is 0. The number of hydrogen-bond acceptors (Lipinski definition) is 5. The highest BCUT2D eigenvalue weighted by Gasteiger charge is 1.71. The second kappa shape index (κ2) is 56.8. The van der Waals surface area contributed by atoms with Crippen LogP contribution in [-0.2, 0) is 5.48 Å². The van der Waals surface area contributed by atoms with Crippen molar-refractivity contribution in [2.24, 2.45) is 0 Å². The Hall–Kier alpha value is -1.09. The van der Waals surface area contributed by atoms with Gasteiger partial charge in [-0.2, -0.15) is 0 Å². The van der Waals surface area contributed by atoms with E-state index < -0.39 is 30.8 Å². The molecule has 0 saturated heterocycles. The monoisotopic (exact) mass is 438 g/mol. The summed E-state index contributed by atoms with van der Waals surface area (Å²) in [4.78, 5) is 42.8. The van der Waals surface area contributed by atoms with E-state index in [1.165, 1.54) is 0 Å². The van der Waals surface area contributed by atoms with Gasteiger partial charge in [0.15, 0.2) is 34.7 Å². The van der Waals surface area contributed by atoms with Gasteiger partial charge in [0.2, 0.25) is 0 Å². The van der Waals surface area contributed by atoms with Gasteiger partial charge in [-0.15, -0.1) is 0 Å². The second-order valence-electron chi connectivity index (χ2n) is 1.41. The zero-order valence-corrected chi connectivity index (χ0v) is 9.42. The van der Waals surface area contributed by atoms with Gasteiger partial charge in [-0.05, 0) is 0 Å². The van der Waals surface area contributed by atoms with Gasteiger partial charge < -0.3 is 51.1 Å². The highest BCUT2D eigenvalue weighted by atomic mass is 27.0. The molecule has 0 fully saturated rings. The van der Waals surface area contributed by atoms with E-state index in [-0.39, 0.29) is 86.3 Å². The molecule has 0 aromatic heterocycles. The molecule has 0 unspecified atom stereocenters. The highest BCUT2D eigenvalue weighted by molar-refractivity contribution is 5.76. The van der Waals surface area contributed by atoms with Crippen LogP contribution in [0.5, 0.6) is 0 Å². The highest BCUT2D eigenvalue weighted by Crippen LogP contribution is 1.44. The summed E-state index contributed by atoms with van der Waals surface area (Å²) in [7, 11) is 0. The zero-order chi connectivity index (χ0) is 17.9. The Labute approximate surface area is 191 Å². The average molecular weight is 439 g/mol. The summed E-state index contributed by atoms with van der Waals surface area (Å²) >= 11 is 0. The van der Waals surface area contributed by atoms with Gasteiger partial charge in [0.25, 0.3) is 0 Å². The molecule has 2 radical (unpaired) electrons. The van der Waals surface area contributed by atoms with Crippen molar-refractivity contribution < 1.29 is 80.5 Å². The van der Waals surface area contributed by atoms with Gasteiger partial charge in [0.05, 0.1) is 0 Å². The molecule has 146 valence electrons. The van der Waals surface area contributed by atoms with Gasteiger partial charge >= 0.3 is 76.9 Å². The first kappa shape index (κ1) is 64.9. The van der Waals surface area contributed by atoms with Crippen LogP contribution in [0.15, 0.2) is 0 Å². The lowest BCUT2D eigenvalue weighted by molar-refractivity contribution is 0.135. The molecule has 0 aliphatic carbocycles. The molecule has 0 bridgehead atoms. The van der Waals surface area contributed by atoms with Crippen molar-refractivity contribution in [3.05, 3.63) is 0 Å². The number of carbonyl (C=O) groups is 5. The van der Waals surface area contributed by atoms with Crippen LogP contribution in [0.2, 0.25) is 0 Å². The third kappa shape index (κ3) is 8390. The van der Waals surface area contributed by atoms with Crippen LogP contribution in [0.25, 0.3) is 0 Å². The smallest absolute Gasteiger partial charge is 0.450 e. The standard InChI is InChI=1S/5CH2O3.2Al.2Mg.O.10H/c5*2-1(3)4;;;;;;;;;;;;;;;/h5*(H2,2,3,4);;;;;;;;;;;;;;;. The van der Waals surface area contributed by atoms with Crippen molar-refractivity contribution >= 4 is 112 Å². The first-order valence-corrected chi connectivity index (χ1v) is 3.26. The molecule has 25 heavy (non-hydrogen) atoms. The molecule has 0 saturated carbocycles. The van der Waals surface area contributed by atoms with Crippen LogP contribution in [0.3, 0.4) is 0 Å². The van der Waals surface area contributed by atoms with Gasteiger partial charge in [0.1, 0.15) is 0 Å². The predicted molar refractivity (Wildman–Crippen MR) is 90.9 cm³/mol. The summed E-state index contributed by atoms with van der Waals surface area (Å²) in [5.74, 6) is 0. The maximum absolute atomic E-state index is 8.56. The molecular formula is C5H20Al2Mg2O16. The Kier molecular flexibility index (Phi) is 147. The SMILES string of the molecule is O=C(O)O.O=C(O)O.O=C(O)O.O=C(O)O.O=C(O)O.[AlH3].[AlH3].[MgH2].[MgH2].[O]. The van der Waals surface area contributed by atoms with Crippen molar-refractivity contribution in [3.63, 3.8) is 0 Å². The van der Waals surface area contributed by atoms with Gasteiger partial charge in [-0.1, -0.05) is 0 Å². The first-order chi connectivity index (χ1) is 8.66.